The van der Waals surface area contributed by atoms with Crippen LogP contribution in [0.5, 0.6) is 5.75 Å². The molecule has 1 aliphatic carbocycles. The highest BCUT2D eigenvalue weighted by Gasteiger charge is 2.45. The Bertz CT molecular complexity index is 1250. The van der Waals surface area contributed by atoms with E-state index in [1.54, 1.807) is 7.11 Å². The predicted molar refractivity (Wildman–Crippen MR) is 141 cm³/mol. The smallest absolute Gasteiger partial charge is 0.159 e. The molecule has 2 fully saturated rings. The summed E-state index contributed by atoms with van der Waals surface area (Å²) in [7, 11) is 1.60. The van der Waals surface area contributed by atoms with Gasteiger partial charge in [-0.1, -0.05) is 17.7 Å². The van der Waals surface area contributed by atoms with Crippen molar-refractivity contribution in [2.24, 2.45) is 5.41 Å². The first-order valence-corrected chi connectivity index (χ1v) is 12.1. The van der Waals surface area contributed by atoms with Crippen LogP contribution in [-0.2, 0) is 6.42 Å². The van der Waals surface area contributed by atoms with Gasteiger partial charge in [-0.3, -0.25) is 0 Å². The number of hydrogen-bond donors (Lipinski definition) is 2. The number of nitrogens with one attached hydrogen (secondary N) is 1. The fourth-order valence-corrected chi connectivity index (χ4v) is 5.59. The van der Waals surface area contributed by atoms with E-state index >= 15 is 0 Å². The number of ether oxygens (including phenoxy) is 1. The average molecular weight is 514 g/mol. The fraction of sp³-hybridized carbons (Fsp3) is 0.423. The molecular weight excluding hydrogens is 485 g/mol. The Balaban J connectivity index is 0.00000289. The topological polar surface area (TPSA) is 94.3 Å². The molecule has 5 rings (SSSR count). The third-order valence-corrected chi connectivity index (χ3v) is 7.57. The molecule has 2 aromatic carbocycles. The number of halogens is 2. The Morgan fingerprint density at radius 1 is 1.17 bits per heavy atom. The number of fused-ring (bicyclic) bond motifs is 1. The zero-order valence-corrected chi connectivity index (χ0v) is 21.2. The summed E-state index contributed by atoms with van der Waals surface area (Å²) in [6, 6.07) is 13.7. The molecule has 2 N–H and O–H groups in total. The molecule has 0 atom stereocenters. The van der Waals surface area contributed by atoms with Crippen molar-refractivity contribution in [3.8, 4) is 11.8 Å². The van der Waals surface area contributed by atoms with E-state index in [0.29, 0.717) is 34.1 Å². The highest BCUT2D eigenvalue weighted by Crippen LogP contribution is 2.49. The molecule has 3 aromatic rings. The first-order valence-electron chi connectivity index (χ1n) is 11.7. The lowest BCUT2D eigenvalue weighted by atomic mass is 9.61. The Kier molecular flexibility index (Phi) is 7.56. The minimum Gasteiger partial charge on any atom is -0.495 e. The maximum absolute atomic E-state index is 9.77. The Hall–Kier alpha value is -2.79. The lowest BCUT2D eigenvalue weighted by Crippen LogP contribution is -2.49. The molecule has 0 unspecified atom stereocenters. The van der Waals surface area contributed by atoms with E-state index in [4.69, 9.17) is 16.3 Å². The van der Waals surface area contributed by atoms with Gasteiger partial charge in [-0.05, 0) is 73.4 Å². The zero-order valence-electron chi connectivity index (χ0n) is 19.6. The lowest BCUT2D eigenvalue weighted by molar-refractivity contribution is -0.0464. The number of piperidine rings is 1. The first-order chi connectivity index (χ1) is 16.5. The van der Waals surface area contributed by atoms with Crippen LogP contribution in [0.1, 0.15) is 36.8 Å². The average Bonchev–Trinajstić information content (AvgIpc) is 2.83. The van der Waals surface area contributed by atoms with Gasteiger partial charge < -0.3 is 20.1 Å². The quantitative estimate of drug-likeness (QED) is 0.479. The van der Waals surface area contributed by atoms with Crippen molar-refractivity contribution < 1.29 is 9.84 Å². The van der Waals surface area contributed by atoms with E-state index in [2.05, 4.69) is 26.5 Å². The van der Waals surface area contributed by atoms with Crippen molar-refractivity contribution in [2.45, 2.75) is 38.2 Å². The van der Waals surface area contributed by atoms with Gasteiger partial charge in [0, 0.05) is 30.4 Å². The molecule has 1 spiro atoms. The van der Waals surface area contributed by atoms with Gasteiger partial charge in [-0.25, -0.2) is 0 Å². The van der Waals surface area contributed by atoms with Crippen molar-refractivity contribution >= 4 is 46.4 Å². The van der Waals surface area contributed by atoms with Crippen LogP contribution in [0.25, 0.3) is 10.8 Å². The number of aliphatic hydroxyl groups is 1. The van der Waals surface area contributed by atoms with Crippen LogP contribution in [0.4, 0.5) is 11.6 Å². The van der Waals surface area contributed by atoms with Crippen LogP contribution in [0.2, 0.25) is 5.02 Å². The van der Waals surface area contributed by atoms with Crippen molar-refractivity contribution in [3.63, 3.8) is 0 Å². The minimum absolute atomic E-state index is 0. The van der Waals surface area contributed by atoms with Gasteiger partial charge in [-0.15, -0.1) is 22.6 Å². The fourth-order valence-electron chi connectivity index (χ4n) is 5.31. The van der Waals surface area contributed by atoms with Gasteiger partial charge in [0.2, 0.25) is 0 Å². The van der Waals surface area contributed by atoms with E-state index in [-0.39, 0.29) is 18.5 Å². The molecule has 7 nitrogen and oxygen atoms in total. The molecular formula is C26H29Cl2N5O2. The SMILES string of the molecule is COc1ccc(CCNc2nnc(N3CCC4(CC3)CC(O)C4)c3ccc(C#N)cc23)cc1Cl.Cl. The van der Waals surface area contributed by atoms with Crippen molar-refractivity contribution in [1.29, 1.82) is 5.26 Å². The summed E-state index contributed by atoms with van der Waals surface area (Å²) in [6.45, 7) is 2.46. The standard InChI is InChI=1S/C26H28ClN5O2.ClH/c1-34-23-5-3-17(13-22(23)27)6-9-29-24-21-12-18(16-28)2-4-20(21)25(31-30-24)32-10-7-26(8-11-32)14-19(33)15-26;/h2-5,12-13,19,33H,6-11,14-15H2,1H3,(H,29,30);1H. The molecule has 2 heterocycles. The molecule has 0 radical (unpaired) electrons. The van der Waals surface area contributed by atoms with Crippen LogP contribution < -0.4 is 15.0 Å². The third kappa shape index (κ3) is 5.11. The molecule has 1 saturated carbocycles. The largest absolute Gasteiger partial charge is 0.495 e. The van der Waals surface area contributed by atoms with E-state index in [9.17, 15) is 10.4 Å². The van der Waals surface area contributed by atoms with Crippen molar-refractivity contribution in [2.75, 3.05) is 37.0 Å². The van der Waals surface area contributed by atoms with Crippen molar-refractivity contribution in [1.82, 2.24) is 10.2 Å². The molecule has 9 heteroatoms. The van der Waals surface area contributed by atoms with Crippen molar-refractivity contribution in [3.05, 3.63) is 52.5 Å². The Morgan fingerprint density at radius 3 is 2.60 bits per heavy atom. The number of hydrogen-bond acceptors (Lipinski definition) is 7. The zero-order chi connectivity index (χ0) is 23.7. The maximum atomic E-state index is 9.77. The van der Waals surface area contributed by atoms with Crippen LogP contribution in [0.15, 0.2) is 36.4 Å². The summed E-state index contributed by atoms with van der Waals surface area (Å²) in [4.78, 5) is 2.29. The number of benzene rings is 2. The summed E-state index contributed by atoms with van der Waals surface area (Å²) in [5.41, 5.74) is 1.99. The normalized spacial score (nSPS) is 16.9. The summed E-state index contributed by atoms with van der Waals surface area (Å²) in [6.07, 6.45) is 4.59. The number of methoxy groups -OCH3 is 1. The molecule has 1 aliphatic heterocycles. The van der Waals surface area contributed by atoms with E-state index in [1.165, 1.54) is 0 Å². The number of aliphatic hydroxyl groups excluding tert-OH is 1. The van der Waals surface area contributed by atoms with E-state index in [1.807, 2.05) is 36.4 Å². The van der Waals surface area contributed by atoms with Gasteiger partial charge in [-0.2, -0.15) is 5.26 Å². The minimum atomic E-state index is -0.129. The van der Waals surface area contributed by atoms with Crippen LogP contribution in [0, 0.1) is 16.7 Å². The second kappa shape index (κ2) is 10.4. The number of anilines is 2. The number of nitriles is 1. The number of aromatic nitrogens is 2. The molecule has 2 aliphatic rings. The molecule has 0 bridgehead atoms. The van der Waals surface area contributed by atoms with Crippen LogP contribution in [-0.4, -0.2) is 48.2 Å². The van der Waals surface area contributed by atoms with E-state index in [0.717, 1.165) is 67.3 Å². The molecule has 0 amide bonds. The Labute approximate surface area is 216 Å². The van der Waals surface area contributed by atoms with Gasteiger partial charge in [0.05, 0.1) is 29.9 Å². The lowest BCUT2D eigenvalue weighted by Gasteiger charge is -2.50. The Morgan fingerprint density at radius 2 is 1.94 bits per heavy atom. The highest BCUT2D eigenvalue weighted by atomic mass is 35.5. The van der Waals surface area contributed by atoms with Gasteiger partial charge in [0.25, 0.3) is 0 Å². The molecule has 1 aromatic heterocycles. The van der Waals surface area contributed by atoms with Crippen LogP contribution in [0.3, 0.4) is 0 Å². The molecule has 35 heavy (non-hydrogen) atoms. The monoisotopic (exact) mass is 513 g/mol. The van der Waals surface area contributed by atoms with Gasteiger partial charge >= 0.3 is 0 Å². The first kappa shape index (κ1) is 25.3. The summed E-state index contributed by atoms with van der Waals surface area (Å²) < 4.78 is 5.22. The summed E-state index contributed by atoms with van der Waals surface area (Å²) >= 11 is 6.25. The maximum Gasteiger partial charge on any atom is 0.159 e. The number of nitrogens with zero attached hydrogens (tertiary/aromatic N) is 4. The molecule has 184 valence electrons. The highest BCUT2D eigenvalue weighted by molar-refractivity contribution is 6.32. The summed E-state index contributed by atoms with van der Waals surface area (Å²) in [5, 5.41) is 34.2. The predicted octanol–water partition coefficient (Wildman–Crippen LogP) is 4.98. The van der Waals surface area contributed by atoms with Gasteiger partial charge in [0.1, 0.15) is 5.75 Å². The van der Waals surface area contributed by atoms with Crippen LogP contribution >= 0.6 is 24.0 Å². The second-order valence-electron chi connectivity index (χ2n) is 9.44. The second-order valence-corrected chi connectivity index (χ2v) is 9.85. The third-order valence-electron chi connectivity index (χ3n) is 7.27. The van der Waals surface area contributed by atoms with Gasteiger partial charge in [0.15, 0.2) is 11.6 Å². The molecule has 1 saturated heterocycles. The van der Waals surface area contributed by atoms with E-state index < -0.39 is 0 Å². The number of rotatable bonds is 6. The summed E-state index contributed by atoms with van der Waals surface area (Å²) in [5.74, 6) is 2.19.